The molecular weight excluding hydrogens is 196 g/mol. The van der Waals surface area contributed by atoms with Gasteiger partial charge in [0.2, 0.25) is 0 Å². The van der Waals surface area contributed by atoms with Crippen molar-refractivity contribution in [1.82, 2.24) is 15.2 Å². The molecule has 0 amide bonds. The van der Waals surface area contributed by atoms with Gasteiger partial charge in [-0.15, -0.1) is 21.5 Å². The van der Waals surface area contributed by atoms with Gasteiger partial charge < -0.3 is 10.7 Å². The first kappa shape index (κ1) is 7.57. The summed E-state index contributed by atoms with van der Waals surface area (Å²) < 4.78 is 0. The van der Waals surface area contributed by atoms with Crippen molar-refractivity contribution in [3.05, 3.63) is 16.7 Å². The Kier molecular flexibility index (Phi) is 1.74. The molecule has 0 aliphatic carbocycles. The molecule has 0 saturated heterocycles. The summed E-state index contributed by atoms with van der Waals surface area (Å²) in [4.78, 5) is 2.84. The van der Waals surface area contributed by atoms with E-state index < -0.39 is 0 Å². The van der Waals surface area contributed by atoms with Crippen LogP contribution in [0.15, 0.2) is 11.7 Å². The van der Waals surface area contributed by atoms with Gasteiger partial charge in [-0.05, 0) is 0 Å². The molecule has 4 nitrogen and oxygen atoms in total. The highest BCUT2D eigenvalue weighted by Crippen LogP contribution is 2.35. The molecule has 0 bridgehead atoms. The van der Waals surface area contributed by atoms with Crippen LogP contribution in [0.2, 0.25) is 5.02 Å². The fourth-order valence-electron chi connectivity index (χ4n) is 0.908. The number of aromatic nitrogens is 3. The monoisotopic (exact) mass is 200 g/mol. The van der Waals surface area contributed by atoms with Crippen molar-refractivity contribution in [3.63, 3.8) is 0 Å². The standard InChI is InChI=1S/C6H5ClN4S/c7-3-1-12-5(8)4(3)6-9-2-10-11-6/h1-2H,8H2,(H,9,10,11). The van der Waals surface area contributed by atoms with E-state index in [-0.39, 0.29) is 0 Å². The molecule has 12 heavy (non-hydrogen) atoms. The molecule has 2 rings (SSSR count). The van der Waals surface area contributed by atoms with Crippen LogP contribution in [0, 0.1) is 0 Å². The Hall–Kier alpha value is -1.07. The van der Waals surface area contributed by atoms with Crippen molar-refractivity contribution < 1.29 is 0 Å². The summed E-state index contributed by atoms with van der Waals surface area (Å²) in [6.07, 6.45) is 1.49. The van der Waals surface area contributed by atoms with Crippen molar-refractivity contribution in [2.45, 2.75) is 0 Å². The maximum atomic E-state index is 5.88. The van der Waals surface area contributed by atoms with Gasteiger partial charge in [0.1, 0.15) is 6.33 Å². The molecule has 2 heterocycles. The fourth-order valence-corrected chi connectivity index (χ4v) is 1.96. The van der Waals surface area contributed by atoms with Crippen LogP contribution in [0.3, 0.4) is 0 Å². The summed E-state index contributed by atoms with van der Waals surface area (Å²) in [7, 11) is 0. The van der Waals surface area contributed by atoms with Crippen molar-refractivity contribution in [2.24, 2.45) is 0 Å². The van der Waals surface area contributed by atoms with Gasteiger partial charge in [0.25, 0.3) is 0 Å². The third-order valence-electron chi connectivity index (χ3n) is 1.43. The van der Waals surface area contributed by atoms with E-state index in [1.807, 2.05) is 0 Å². The topological polar surface area (TPSA) is 67.6 Å². The number of thiophene rings is 1. The molecule has 2 aromatic rings. The average molecular weight is 201 g/mol. The number of hydrogen-bond acceptors (Lipinski definition) is 4. The Labute approximate surface area is 77.4 Å². The summed E-state index contributed by atoms with van der Waals surface area (Å²) in [6, 6.07) is 0. The molecule has 0 aliphatic rings. The number of H-pyrrole nitrogens is 1. The zero-order valence-corrected chi connectivity index (χ0v) is 7.49. The number of aromatic amines is 1. The van der Waals surface area contributed by atoms with E-state index in [1.165, 1.54) is 17.7 Å². The summed E-state index contributed by atoms with van der Waals surface area (Å²) >= 11 is 7.27. The maximum Gasteiger partial charge on any atom is 0.165 e. The molecule has 0 aromatic carbocycles. The van der Waals surface area contributed by atoms with E-state index in [9.17, 15) is 0 Å². The fraction of sp³-hybridized carbons (Fsp3) is 0. The van der Waals surface area contributed by atoms with Crippen molar-refractivity contribution in [1.29, 1.82) is 0 Å². The number of rotatable bonds is 1. The van der Waals surface area contributed by atoms with Gasteiger partial charge in [-0.1, -0.05) is 11.6 Å². The number of halogens is 1. The minimum absolute atomic E-state index is 0.606. The first-order valence-electron chi connectivity index (χ1n) is 3.18. The molecule has 0 aliphatic heterocycles. The lowest BCUT2D eigenvalue weighted by Crippen LogP contribution is -1.85. The maximum absolute atomic E-state index is 5.88. The van der Waals surface area contributed by atoms with Gasteiger partial charge in [-0.25, -0.2) is 0 Å². The van der Waals surface area contributed by atoms with Gasteiger partial charge in [0.05, 0.1) is 15.6 Å². The van der Waals surface area contributed by atoms with E-state index in [1.54, 1.807) is 5.38 Å². The van der Waals surface area contributed by atoms with Crippen molar-refractivity contribution >= 4 is 27.9 Å². The van der Waals surface area contributed by atoms with Crippen LogP contribution in [-0.2, 0) is 0 Å². The molecule has 0 atom stereocenters. The van der Waals surface area contributed by atoms with Crippen LogP contribution >= 0.6 is 22.9 Å². The highest BCUT2D eigenvalue weighted by Gasteiger charge is 2.11. The summed E-state index contributed by atoms with van der Waals surface area (Å²) in [5, 5.41) is 10.5. The molecule has 2 aromatic heterocycles. The van der Waals surface area contributed by atoms with Crippen LogP contribution < -0.4 is 5.73 Å². The minimum Gasteiger partial charge on any atom is -0.390 e. The molecule has 62 valence electrons. The number of nitrogens with one attached hydrogen (secondary N) is 1. The second-order valence-electron chi connectivity index (χ2n) is 2.16. The number of nitrogens with zero attached hydrogens (tertiary/aromatic N) is 2. The molecule has 0 unspecified atom stereocenters. The smallest absolute Gasteiger partial charge is 0.165 e. The molecule has 0 spiro atoms. The molecular formula is C6H5ClN4S. The third-order valence-corrected chi connectivity index (χ3v) is 2.67. The highest BCUT2D eigenvalue weighted by molar-refractivity contribution is 7.15. The van der Waals surface area contributed by atoms with Gasteiger partial charge in [0.15, 0.2) is 5.82 Å². The van der Waals surface area contributed by atoms with Gasteiger partial charge in [-0.3, -0.25) is 0 Å². The average Bonchev–Trinajstić information content (AvgIpc) is 2.61. The predicted molar refractivity (Wildman–Crippen MR) is 49.1 cm³/mol. The largest absolute Gasteiger partial charge is 0.390 e. The lowest BCUT2D eigenvalue weighted by Gasteiger charge is -1.93. The first-order valence-corrected chi connectivity index (χ1v) is 4.43. The first-order chi connectivity index (χ1) is 5.79. The van der Waals surface area contributed by atoms with Crippen LogP contribution in [0.5, 0.6) is 0 Å². The zero-order valence-electron chi connectivity index (χ0n) is 5.91. The van der Waals surface area contributed by atoms with Crippen molar-refractivity contribution in [2.75, 3.05) is 5.73 Å². The lowest BCUT2D eigenvalue weighted by atomic mass is 10.3. The summed E-state index contributed by atoms with van der Waals surface area (Å²) in [6.45, 7) is 0. The second kappa shape index (κ2) is 2.76. The SMILES string of the molecule is Nc1scc(Cl)c1-c1nnc[nH]1. The number of nitrogen functional groups attached to an aromatic ring is 1. The zero-order chi connectivity index (χ0) is 8.55. The van der Waals surface area contributed by atoms with E-state index in [4.69, 9.17) is 17.3 Å². The quantitative estimate of drug-likeness (QED) is 0.737. The number of nitrogens with two attached hydrogens (primary N) is 1. The Balaban J connectivity index is 2.60. The van der Waals surface area contributed by atoms with Gasteiger partial charge in [-0.2, -0.15) is 0 Å². The molecule has 0 radical (unpaired) electrons. The van der Waals surface area contributed by atoms with E-state index in [0.717, 1.165) is 5.56 Å². The summed E-state index contributed by atoms with van der Waals surface area (Å²) in [5.41, 5.74) is 6.41. The lowest BCUT2D eigenvalue weighted by molar-refractivity contribution is 1.10. The van der Waals surface area contributed by atoms with Crippen LogP contribution in [0.25, 0.3) is 11.4 Å². The molecule has 3 N–H and O–H groups in total. The molecule has 0 saturated carbocycles. The van der Waals surface area contributed by atoms with Gasteiger partial charge in [0, 0.05) is 5.38 Å². The number of hydrogen-bond donors (Lipinski definition) is 2. The number of anilines is 1. The normalized spacial score (nSPS) is 10.4. The third kappa shape index (κ3) is 1.07. The Morgan fingerprint density at radius 3 is 2.92 bits per heavy atom. The second-order valence-corrected chi connectivity index (χ2v) is 3.48. The highest BCUT2D eigenvalue weighted by atomic mass is 35.5. The van der Waals surface area contributed by atoms with Crippen LogP contribution in [-0.4, -0.2) is 15.2 Å². The van der Waals surface area contributed by atoms with Crippen molar-refractivity contribution in [3.8, 4) is 11.4 Å². The Bertz CT molecular complexity index is 361. The van der Waals surface area contributed by atoms with Crippen LogP contribution in [0.1, 0.15) is 0 Å². The summed E-state index contributed by atoms with van der Waals surface area (Å²) in [5.74, 6) is 0.610. The minimum atomic E-state index is 0.606. The van der Waals surface area contributed by atoms with Gasteiger partial charge >= 0.3 is 0 Å². The Morgan fingerprint density at radius 1 is 1.58 bits per heavy atom. The van der Waals surface area contributed by atoms with E-state index >= 15 is 0 Å². The predicted octanol–water partition coefficient (Wildman–Crippen LogP) is 1.77. The Morgan fingerprint density at radius 2 is 2.42 bits per heavy atom. The van der Waals surface area contributed by atoms with E-state index in [2.05, 4.69) is 15.2 Å². The van der Waals surface area contributed by atoms with Crippen LogP contribution in [0.4, 0.5) is 5.00 Å². The molecule has 6 heteroatoms. The van der Waals surface area contributed by atoms with E-state index in [0.29, 0.717) is 15.8 Å². The molecule has 0 fully saturated rings.